The summed E-state index contributed by atoms with van der Waals surface area (Å²) in [5, 5.41) is 15.6. The van der Waals surface area contributed by atoms with E-state index in [-0.39, 0.29) is 12.4 Å². The maximum absolute atomic E-state index is 9.35. The molecule has 102 valence electrons. The highest BCUT2D eigenvalue weighted by atomic mass is 35.5. The van der Waals surface area contributed by atoms with E-state index in [1.807, 2.05) is 36.4 Å². The fourth-order valence-electron chi connectivity index (χ4n) is 2.12. The Bertz CT molecular complexity index is 643. The number of thioether (sulfide) groups is 1. The number of halogens is 1. The molecular formula is C14H13ClN4S. The van der Waals surface area contributed by atoms with E-state index in [0.29, 0.717) is 11.4 Å². The van der Waals surface area contributed by atoms with E-state index in [0.717, 1.165) is 28.5 Å². The molecule has 20 heavy (non-hydrogen) atoms. The second-order valence-corrected chi connectivity index (χ2v) is 5.23. The molecule has 1 aromatic carbocycles. The molecular weight excluding hydrogens is 292 g/mol. The van der Waals surface area contributed by atoms with Crippen LogP contribution in [0.4, 0.5) is 5.69 Å². The first-order valence-electron chi connectivity index (χ1n) is 5.92. The number of hydrogen-bond acceptors (Lipinski definition) is 5. The molecule has 0 saturated carbocycles. The molecule has 0 amide bonds. The molecule has 4 nitrogen and oxygen atoms in total. The Morgan fingerprint density at radius 3 is 2.75 bits per heavy atom. The van der Waals surface area contributed by atoms with Gasteiger partial charge in [-0.15, -0.1) is 12.4 Å². The van der Waals surface area contributed by atoms with Crippen molar-refractivity contribution in [1.82, 2.24) is 0 Å². The number of nitriles is 1. The summed E-state index contributed by atoms with van der Waals surface area (Å²) >= 11 is 1.78. The van der Waals surface area contributed by atoms with E-state index in [4.69, 9.17) is 5.73 Å². The summed E-state index contributed by atoms with van der Waals surface area (Å²) in [6.07, 6.45) is 2.03. The third-order valence-corrected chi connectivity index (χ3v) is 3.92. The molecule has 1 aromatic rings. The van der Waals surface area contributed by atoms with Crippen LogP contribution in [0, 0.1) is 11.3 Å². The van der Waals surface area contributed by atoms with Crippen molar-refractivity contribution < 1.29 is 0 Å². The molecule has 2 aliphatic rings. The highest BCUT2D eigenvalue weighted by Crippen LogP contribution is 2.30. The molecule has 0 aliphatic carbocycles. The lowest BCUT2D eigenvalue weighted by Crippen LogP contribution is -2.33. The molecule has 2 N–H and O–H groups in total. The molecule has 6 heteroatoms. The second kappa shape index (κ2) is 6.04. The second-order valence-electron chi connectivity index (χ2n) is 4.20. The van der Waals surface area contributed by atoms with E-state index in [9.17, 15) is 5.26 Å². The number of fused-ring (bicyclic) bond motifs is 1. The number of benzene rings is 1. The lowest BCUT2D eigenvalue weighted by molar-refractivity contribution is 0.945. The van der Waals surface area contributed by atoms with Gasteiger partial charge in [0.25, 0.3) is 0 Å². The molecule has 0 aromatic heterocycles. The Morgan fingerprint density at radius 1 is 1.30 bits per heavy atom. The van der Waals surface area contributed by atoms with Crippen LogP contribution in [-0.4, -0.2) is 17.2 Å². The van der Waals surface area contributed by atoms with Gasteiger partial charge in [0.15, 0.2) is 0 Å². The molecule has 0 radical (unpaired) electrons. The van der Waals surface area contributed by atoms with Crippen molar-refractivity contribution in [1.29, 1.82) is 5.26 Å². The van der Waals surface area contributed by atoms with Crippen molar-refractivity contribution in [3.63, 3.8) is 0 Å². The van der Waals surface area contributed by atoms with Gasteiger partial charge in [-0.25, -0.2) is 5.01 Å². The minimum atomic E-state index is 0. The van der Waals surface area contributed by atoms with Crippen LogP contribution in [-0.2, 0) is 0 Å². The summed E-state index contributed by atoms with van der Waals surface area (Å²) in [4.78, 5) is 0. The van der Waals surface area contributed by atoms with Gasteiger partial charge < -0.3 is 5.73 Å². The lowest BCUT2D eigenvalue weighted by Gasteiger charge is -2.29. The highest BCUT2D eigenvalue weighted by Gasteiger charge is 2.27. The number of allylic oxidation sites excluding steroid dienone is 2. The van der Waals surface area contributed by atoms with Crippen LogP contribution in [0.3, 0.4) is 0 Å². The summed E-state index contributed by atoms with van der Waals surface area (Å²) in [6.45, 7) is 0. The summed E-state index contributed by atoms with van der Waals surface area (Å²) < 4.78 is 0. The summed E-state index contributed by atoms with van der Waals surface area (Å²) in [6, 6.07) is 11.9. The van der Waals surface area contributed by atoms with Crippen molar-refractivity contribution in [2.45, 2.75) is 0 Å². The average molecular weight is 305 g/mol. The molecule has 2 heterocycles. The zero-order valence-electron chi connectivity index (χ0n) is 10.6. The zero-order valence-corrected chi connectivity index (χ0v) is 12.2. The zero-order chi connectivity index (χ0) is 13.2. The van der Waals surface area contributed by atoms with Gasteiger partial charge in [0, 0.05) is 17.1 Å². The first-order valence-corrected chi connectivity index (χ1v) is 7.08. The maximum atomic E-state index is 9.35. The Morgan fingerprint density at radius 2 is 2.05 bits per heavy atom. The van der Waals surface area contributed by atoms with Gasteiger partial charge in [-0.05, 0) is 12.1 Å². The summed E-state index contributed by atoms with van der Waals surface area (Å²) in [7, 11) is 0. The van der Waals surface area contributed by atoms with Gasteiger partial charge in [0.1, 0.15) is 17.5 Å². The Hall–Kier alpha value is -1.90. The standard InChI is InChI=1S/C14H12N4S.ClH/c15-8-12-11-6-7-19-9-13(11)17-18(14(12)16)10-4-2-1-3-5-10;/h1-6H,7,9,16H2;1H. The predicted molar refractivity (Wildman–Crippen MR) is 85.8 cm³/mol. The molecule has 2 aliphatic heterocycles. The first kappa shape index (κ1) is 14.5. The monoisotopic (exact) mass is 304 g/mol. The Kier molecular flexibility index (Phi) is 4.38. The Labute approximate surface area is 128 Å². The summed E-state index contributed by atoms with van der Waals surface area (Å²) in [5.41, 5.74) is 9.31. The number of hydrogen-bond donors (Lipinski definition) is 1. The van der Waals surface area contributed by atoms with Crippen molar-refractivity contribution in [2.75, 3.05) is 16.5 Å². The lowest BCUT2D eigenvalue weighted by atomic mass is 10.0. The van der Waals surface area contributed by atoms with Gasteiger partial charge >= 0.3 is 0 Å². The smallest absolute Gasteiger partial charge is 0.144 e. The third kappa shape index (κ3) is 2.40. The van der Waals surface area contributed by atoms with Gasteiger partial charge in [-0.1, -0.05) is 24.3 Å². The molecule has 0 saturated heterocycles. The SMILES string of the molecule is Cl.N#CC1=C(N)N(c2ccccc2)N=C2CSCC=C21. The van der Waals surface area contributed by atoms with E-state index in [1.165, 1.54) is 0 Å². The van der Waals surface area contributed by atoms with Crippen LogP contribution in [0.5, 0.6) is 0 Å². The maximum Gasteiger partial charge on any atom is 0.144 e. The largest absolute Gasteiger partial charge is 0.383 e. The van der Waals surface area contributed by atoms with Crippen LogP contribution in [0.15, 0.2) is 58.5 Å². The average Bonchev–Trinajstić information content (AvgIpc) is 2.47. The van der Waals surface area contributed by atoms with Crippen molar-refractivity contribution in [2.24, 2.45) is 10.8 Å². The number of hydrazone groups is 1. The quantitative estimate of drug-likeness (QED) is 0.866. The fraction of sp³-hybridized carbons (Fsp3) is 0.143. The van der Waals surface area contributed by atoms with Crippen LogP contribution < -0.4 is 10.7 Å². The van der Waals surface area contributed by atoms with Crippen LogP contribution in [0.2, 0.25) is 0 Å². The van der Waals surface area contributed by atoms with Gasteiger partial charge in [0.05, 0.1) is 11.4 Å². The number of rotatable bonds is 1. The van der Waals surface area contributed by atoms with Crippen molar-refractivity contribution in [3.05, 3.63) is 53.4 Å². The minimum Gasteiger partial charge on any atom is -0.383 e. The summed E-state index contributed by atoms with van der Waals surface area (Å²) in [5.74, 6) is 2.11. The van der Waals surface area contributed by atoms with E-state index in [1.54, 1.807) is 16.8 Å². The number of nitrogens with two attached hydrogens (primary N) is 1. The molecule has 0 bridgehead atoms. The van der Waals surface area contributed by atoms with Crippen LogP contribution >= 0.6 is 24.2 Å². The van der Waals surface area contributed by atoms with Crippen LogP contribution in [0.1, 0.15) is 0 Å². The predicted octanol–water partition coefficient (Wildman–Crippen LogP) is 2.65. The molecule has 0 unspecified atom stereocenters. The number of anilines is 1. The van der Waals surface area contributed by atoms with Gasteiger partial charge in [0.2, 0.25) is 0 Å². The van der Waals surface area contributed by atoms with Gasteiger partial charge in [-0.2, -0.15) is 22.1 Å². The minimum absolute atomic E-state index is 0. The molecule has 0 atom stereocenters. The van der Waals surface area contributed by atoms with E-state index < -0.39 is 0 Å². The fourth-order valence-corrected chi connectivity index (χ4v) is 2.93. The Balaban J connectivity index is 0.00000147. The third-order valence-electron chi connectivity index (χ3n) is 3.04. The van der Waals surface area contributed by atoms with Gasteiger partial charge in [-0.3, -0.25) is 0 Å². The first-order chi connectivity index (χ1) is 9.31. The number of para-hydroxylation sites is 1. The van der Waals surface area contributed by atoms with Crippen molar-refractivity contribution >= 4 is 35.6 Å². The van der Waals surface area contributed by atoms with Crippen molar-refractivity contribution in [3.8, 4) is 6.07 Å². The molecule has 3 rings (SSSR count). The highest BCUT2D eigenvalue weighted by molar-refractivity contribution is 8.00. The normalized spacial score (nSPS) is 17.4. The van der Waals surface area contributed by atoms with Crippen LogP contribution in [0.25, 0.3) is 0 Å². The van der Waals surface area contributed by atoms with E-state index in [2.05, 4.69) is 11.2 Å². The number of nitrogens with zero attached hydrogens (tertiary/aromatic N) is 3. The molecule has 0 fully saturated rings. The molecule has 0 spiro atoms. The topological polar surface area (TPSA) is 65.4 Å². The van der Waals surface area contributed by atoms with E-state index >= 15 is 0 Å².